The van der Waals surface area contributed by atoms with Gasteiger partial charge in [-0.2, -0.15) is 0 Å². The molecule has 44 heavy (non-hydrogen) atoms. The molecule has 4 aliphatic rings. The summed E-state index contributed by atoms with van der Waals surface area (Å²) in [6, 6.07) is 21.7. The van der Waals surface area contributed by atoms with E-state index in [2.05, 4.69) is 94.4 Å². The summed E-state index contributed by atoms with van der Waals surface area (Å²) in [6.07, 6.45) is 13.6. The molecule has 2 bridgehead atoms. The minimum absolute atomic E-state index is 0.00686. The van der Waals surface area contributed by atoms with E-state index in [1.54, 1.807) is 6.92 Å². The van der Waals surface area contributed by atoms with Crippen molar-refractivity contribution in [2.24, 2.45) is 52.3 Å². The molecule has 0 heterocycles. The number of benzene rings is 2. The zero-order chi connectivity index (χ0) is 31.1. The van der Waals surface area contributed by atoms with Gasteiger partial charge in [-0.1, -0.05) is 101 Å². The summed E-state index contributed by atoms with van der Waals surface area (Å²) in [5.74, 6) is 3.37. The average Bonchev–Trinajstić information content (AvgIpc) is 3.23. The number of aliphatic hydroxyl groups excluding tert-OH is 1. The summed E-state index contributed by atoms with van der Waals surface area (Å²) < 4.78 is 5.83. The van der Waals surface area contributed by atoms with Crippen LogP contribution >= 0.6 is 0 Å². The van der Waals surface area contributed by atoms with Gasteiger partial charge in [-0.25, -0.2) is 0 Å². The minimum atomic E-state index is -0.255. The molecule has 4 saturated carbocycles. The van der Waals surface area contributed by atoms with Crippen LogP contribution in [0.15, 0.2) is 66.7 Å². The third-order valence-electron chi connectivity index (χ3n) is 13.4. The number of allylic oxidation sites excluding steroid dienone is 1. The van der Waals surface area contributed by atoms with E-state index in [-0.39, 0.29) is 29.0 Å². The number of carbonyl (C=O) groups excluding carboxylic acids is 1. The molecule has 0 aliphatic heterocycles. The molecule has 1 N–H and O–H groups in total. The number of carbonyl (C=O) groups is 1. The van der Waals surface area contributed by atoms with Crippen LogP contribution in [0.4, 0.5) is 0 Å². The number of esters is 1. The Balaban J connectivity index is 1.26. The van der Waals surface area contributed by atoms with Crippen molar-refractivity contribution in [1.82, 2.24) is 0 Å². The zero-order valence-electron chi connectivity index (χ0n) is 27.9. The molecule has 4 aliphatic carbocycles. The lowest BCUT2D eigenvalue weighted by Crippen LogP contribution is -2.51. The van der Waals surface area contributed by atoms with Crippen LogP contribution in [0.5, 0.6) is 0 Å². The second-order valence-electron chi connectivity index (χ2n) is 15.8. The Bertz CT molecular complexity index is 1260. The van der Waals surface area contributed by atoms with Gasteiger partial charge in [0.15, 0.2) is 0 Å². The van der Waals surface area contributed by atoms with E-state index in [9.17, 15) is 9.90 Å². The number of rotatable bonds is 7. The maximum atomic E-state index is 12.4. The summed E-state index contributed by atoms with van der Waals surface area (Å²) in [6.45, 7) is 11.5. The first kappa shape index (κ1) is 31.6. The van der Waals surface area contributed by atoms with Gasteiger partial charge in [0.2, 0.25) is 0 Å². The molecule has 6 rings (SSSR count). The highest BCUT2D eigenvalue weighted by atomic mass is 16.5. The van der Waals surface area contributed by atoms with E-state index in [0.717, 1.165) is 32.1 Å². The van der Waals surface area contributed by atoms with Gasteiger partial charge in [-0.3, -0.25) is 4.79 Å². The van der Waals surface area contributed by atoms with Crippen molar-refractivity contribution in [1.29, 1.82) is 0 Å². The van der Waals surface area contributed by atoms with Crippen LogP contribution in [0.2, 0.25) is 0 Å². The van der Waals surface area contributed by atoms with Gasteiger partial charge in [-0.05, 0) is 127 Å². The van der Waals surface area contributed by atoms with Gasteiger partial charge in [0.05, 0.1) is 6.10 Å². The molecule has 4 fully saturated rings. The highest BCUT2D eigenvalue weighted by Crippen LogP contribution is 2.67. The Morgan fingerprint density at radius 3 is 2.23 bits per heavy atom. The summed E-state index contributed by atoms with van der Waals surface area (Å²) in [7, 11) is 0. The molecule has 0 radical (unpaired) electrons. The van der Waals surface area contributed by atoms with Gasteiger partial charge in [0.25, 0.3) is 0 Å². The lowest BCUT2D eigenvalue weighted by Gasteiger charge is -2.55. The van der Waals surface area contributed by atoms with Crippen molar-refractivity contribution in [2.45, 2.75) is 111 Å². The molecule has 2 aromatic rings. The van der Waals surface area contributed by atoms with Crippen molar-refractivity contribution in [2.75, 3.05) is 0 Å². The number of ether oxygens (including phenoxy) is 1. The lowest BCUT2D eigenvalue weighted by atomic mass is 9.50. The van der Waals surface area contributed by atoms with Gasteiger partial charge in [-0.15, -0.1) is 0 Å². The number of hydrogen-bond donors (Lipinski definition) is 1. The predicted molar refractivity (Wildman–Crippen MR) is 180 cm³/mol. The van der Waals surface area contributed by atoms with Crippen LogP contribution in [0.25, 0.3) is 5.57 Å². The highest BCUT2D eigenvalue weighted by molar-refractivity contribution is 5.79. The van der Waals surface area contributed by atoms with Crippen LogP contribution in [-0.2, 0) is 9.53 Å². The SMILES string of the molecule is CC[C@@H]1[C@H]2C[C@H](OC(C)=O)CC[C@@](C)(C2)C2CC[C@@]3(C)C(CC[C@@H]3[C@H](C)CC=C(c3ccccc3)c3ccccc3)C2[C@@H]1O. The Morgan fingerprint density at radius 1 is 0.955 bits per heavy atom. The fourth-order valence-corrected chi connectivity index (χ4v) is 11.4. The van der Waals surface area contributed by atoms with Crippen LogP contribution in [0.1, 0.15) is 110 Å². The molecule has 238 valence electrons. The van der Waals surface area contributed by atoms with Crippen LogP contribution in [0.3, 0.4) is 0 Å². The van der Waals surface area contributed by atoms with Gasteiger partial charge in [0, 0.05) is 6.92 Å². The molecule has 3 nitrogen and oxygen atoms in total. The van der Waals surface area contributed by atoms with Crippen molar-refractivity contribution in [3.8, 4) is 0 Å². The summed E-state index contributed by atoms with van der Waals surface area (Å²) in [5, 5.41) is 12.4. The van der Waals surface area contributed by atoms with Crippen molar-refractivity contribution in [3.05, 3.63) is 77.9 Å². The maximum Gasteiger partial charge on any atom is 0.302 e. The highest BCUT2D eigenvalue weighted by Gasteiger charge is 2.62. The van der Waals surface area contributed by atoms with Crippen LogP contribution < -0.4 is 0 Å². The zero-order valence-corrected chi connectivity index (χ0v) is 27.9. The van der Waals surface area contributed by atoms with E-state index >= 15 is 0 Å². The monoisotopic (exact) mass is 596 g/mol. The number of aliphatic hydroxyl groups is 1. The molecule has 11 atom stereocenters. The fourth-order valence-electron chi connectivity index (χ4n) is 11.4. The standard InChI is InChI=1S/C41H56O3/c1-6-33-31-25-32(44-28(3)42)21-23-40(4,26-31)36-22-24-41(5)35(19-20-37(41)38(36)39(33)43)27(2)17-18-34(29-13-9-7-10-14-29)30-15-11-8-12-16-30/h7-16,18,27,31-33,35-39,43H,6,17,19-26H2,1-5H3/t27-,31+,32-,33-,35-,36?,37?,38?,39-,40+,41-/m1/s1. The van der Waals surface area contributed by atoms with Crippen molar-refractivity contribution in [3.63, 3.8) is 0 Å². The third kappa shape index (κ3) is 5.83. The third-order valence-corrected chi connectivity index (χ3v) is 13.4. The quantitative estimate of drug-likeness (QED) is 0.324. The second kappa shape index (κ2) is 12.8. The van der Waals surface area contributed by atoms with Gasteiger partial charge in [0.1, 0.15) is 6.10 Å². The molecule has 0 spiro atoms. The normalized spacial score (nSPS) is 38.8. The molecule has 0 aromatic heterocycles. The smallest absolute Gasteiger partial charge is 0.302 e. The molecule has 0 saturated heterocycles. The Morgan fingerprint density at radius 2 is 1.61 bits per heavy atom. The molecule has 3 heteroatoms. The second-order valence-corrected chi connectivity index (χ2v) is 15.8. The van der Waals surface area contributed by atoms with Crippen molar-refractivity contribution < 1.29 is 14.6 Å². The summed E-state index contributed by atoms with van der Waals surface area (Å²) >= 11 is 0. The van der Waals surface area contributed by atoms with E-state index in [0.29, 0.717) is 41.4 Å². The topological polar surface area (TPSA) is 46.5 Å². The average molecular weight is 597 g/mol. The fraction of sp³-hybridized carbons (Fsp3) is 0.634. The summed E-state index contributed by atoms with van der Waals surface area (Å²) in [4.78, 5) is 11.9. The maximum absolute atomic E-state index is 12.4. The molecular formula is C41H56O3. The van der Waals surface area contributed by atoms with Gasteiger partial charge >= 0.3 is 5.97 Å². The Hall–Kier alpha value is -2.39. The number of hydrogen-bond acceptors (Lipinski definition) is 3. The van der Waals surface area contributed by atoms with Gasteiger partial charge < -0.3 is 9.84 Å². The molecule has 0 amide bonds. The Kier molecular flexibility index (Phi) is 9.17. The predicted octanol–water partition coefficient (Wildman–Crippen LogP) is 9.73. The molecular weight excluding hydrogens is 540 g/mol. The largest absolute Gasteiger partial charge is 0.463 e. The van der Waals surface area contributed by atoms with E-state index in [4.69, 9.17) is 4.74 Å². The van der Waals surface area contributed by atoms with E-state index < -0.39 is 0 Å². The molecule has 3 unspecified atom stereocenters. The first-order valence-electron chi connectivity index (χ1n) is 17.8. The number of fused-ring (bicyclic) bond motifs is 6. The Labute approximate surface area is 266 Å². The summed E-state index contributed by atoms with van der Waals surface area (Å²) in [5.41, 5.74) is 4.41. The first-order chi connectivity index (χ1) is 21.1. The molecule has 2 aromatic carbocycles. The lowest BCUT2D eigenvalue weighted by molar-refractivity contribution is -0.148. The minimum Gasteiger partial charge on any atom is -0.463 e. The van der Waals surface area contributed by atoms with E-state index in [1.165, 1.54) is 48.8 Å². The van der Waals surface area contributed by atoms with Crippen LogP contribution in [0, 0.1) is 52.3 Å². The van der Waals surface area contributed by atoms with Crippen molar-refractivity contribution >= 4 is 11.5 Å². The van der Waals surface area contributed by atoms with E-state index in [1.807, 2.05) is 0 Å². The van der Waals surface area contributed by atoms with Crippen LogP contribution in [-0.4, -0.2) is 23.3 Å². The first-order valence-corrected chi connectivity index (χ1v) is 17.8.